The Morgan fingerprint density at radius 1 is 1.24 bits per heavy atom. The Hall–Kier alpha value is -2.11. The molecule has 112 valence electrons. The normalized spacial score (nSPS) is 12.5. The van der Waals surface area contributed by atoms with Gasteiger partial charge in [-0.2, -0.15) is 0 Å². The minimum atomic E-state index is -1.05. The average molecular weight is 288 g/mol. The first-order chi connectivity index (χ1) is 10.1. The fraction of sp³-hybridized carbons (Fsp3) is 0.312. The van der Waals surface area contributed by atoms with E-state index in [1.807, 2.05) is 32.3 Å². The van der Waals surface area contributed by atoms with Gasteiger partial charge in [0.15, 0.2) is 0 Å². The van der Waals surface area contributed by atoms with E-state index < -0.39 is 5.97 Å². The summed E-state index contributed by atoms with van der Waals surface area (Å²) in [4.78, 5) is 12.9. The molecule has 2 rings (SSSR count). The fourth-order valence-electron chi connectivity index (χ4n) is 2.15. The largest absolute Gasteiger partial charge is 0.475 e. The van der Waals surface area contributed by atoms with E-state index in [0.29, 0.717) is 12.3 Å². The summed E-state index contributed by atoms with van der Waals surface area (Å²) < 4.78 is 5.26. The fourth-order valence-corrected chi connectivity index (χ4v) is 2.15. The highest BCUT2D eigenvalue weighted by atomic mass is 16.4. The molecule has 0 aliphatic rings. The number of nitrogens with one attached hydrogen (secondary N) is 1. The molecule has 1 heterocycles. The van der Waals surface area contributed by atoms with Crippen molar-refractivity contribution in [2.24, 2.45) is 0 Å². The van der Waals surface area contributed by atoms with Crippen LogP contribution in [0.15, 0.2) is 46.9 Å². The number of carboxylic acid groups (broad SMARTS) is 1. The van der Waals surface area contributed by atoms with Crippen LogP contribution in [-0.2, 0) is 6.54 Å². The van der Waals surface area contributed by atoms with E-state index in [9.17, 15) is 4.79 Å². The third-order valence-corrected chi connectivity index (χ3v) is 3.14. The number of likely N-dealkylation sites (N-methyl/N-ethyl adjacent to an activating group) is 1. The third-order valence-electron chi connectivity index (χ3n) is 3.14. The zero-order valence-corrected chi connectivity index (χ0v) is 12.2. The second-order valence-corrected chi connectivity index (χ2v) is 5.18. The molecule has 0 aliphatic carbocycles. The number of nitrogens with zero attached hydrogens (tertiary/aromatic N) is 1. The monoisotopic (exact) mass is 288 g/mol. The minimum absolute atomic E-state index is 0.0318. The van der Waals surface area contributed by atoms with Crippen LogP contribution in [0, 0.1) is 0 Å². The summed E-state index contributed by atoms with van der Waals surface area (Å²) >= 11 is 0. The number of carboxylic acids is 1. The zero-order chi connectivity index (χ0) is 15.2. The molecule has 5 nitrogen and oxygen atoms in total. The van der Waals surface area contributed by atoms with Crippen LogP contribution in [0.2, 0.25) is 0 Å². The lowest BCUT2D eigenvalue weighted by Gasteiger charge is -2.22. The number of carbonyl (C=O) groups is 1. The predicted molar refractivity (Wildman–Crippen MR) is 80.2 cm³/mol. The van der Waals surface area contributed by atoms with E-state index in [1.165, 1.54) is 11.6 Å². The topological polar surface area (TPSA) is 65.7 Å². The first-order valence-corrected chi connectivity index (χ1v) is 6.81. The molecule has 0 saturated carbocycles. The minimum Gasteiger partial charge on any atom is -0.475 e. The van der Waals surface area contributed by atoms with Crippen LogP contribution in [0.1, 0.15) is 27.9 Å². The van der Waals surface area contributed by atoms with Crippen LogP contribution < -0.4 is 5.32 Å². The molecule has 0 spiro atoms. The molecule has 2 aromatic rings. The van der Waals surface area contributed by atoms with Gasteiger partial charge in [0, 0.05) is 12.6 Å². The Bertz CT molecular complexity index is 578. The van der Waals surface area contributed by atoms with Gasteiger partial charge in [-0.05, 0) is 31.8 Å². The molecule has 0 bridgehead atoms. The summed E-state index contributed by atoms with van der Waals surface area (Å²) in [6.07, 6.45) is 0. The van der Waals surface area contributed by atoms with E-state index in [1.54, 1.807) is 6.07 Å². The molecule has 0 saturated heterocycles. The van der Waals surface area contributed by atoms with Gasteiger partial charge in [0.25, 0.3) is 0 Å². The van der Waals surface area contributed by atoms with Crippen molar-refractivity contribution < 1.29 is 14.3 Å². The van der Waals surface area contributed by atoms with Crippen molar-refractivity contribution >= 4 is 5.97 Å². The van der Waals surface area contributed by atoms with E-state index in [0.717, 1.165) is 6.54 Å². The maximum Gasteiger partial charge on any atom is 0.371 e. The van der Waals surface area contributed by atoms with Gasteiger partial charge in [0.05, 0.1) is 6.54 Å². The van der Waals surface area contributed by atoms with Gasteiger partial charge in [-0.3, -0.25) is 0 Å². The summed E-state index contributed by atoms with van der Waals surface area (Å²) in [6, 6.07) is 13.5. The van der Waals surface area contributed by atoms with Crippen molar-refractivity contribution in [2.75, 3.05) is 20.6 Å². The molecule has 0 amide bonds. The number of benzene rings is 1. The van der Waals surface area contributed by atoms with E-state index >= 15 is 0 Å². The van der Waals surface area contributed by atoms with Gasteiger partial charge in [-0.15, -0.1) is 0 Å². The third kappa shape index (κ3) is 4.44. The Morgan fingerprint density at radius 2 is 1.95 bits per heavy atom. The van der Waals surface area contributed by atoms with Gasteiger partial charge in [-0.25, -0.2) is 4.79 Å². The van der Waals surface area contributed by atoms with E-state index in [4.69, 9.17) is 9.52 Å². The van der Waals surface area contributed by atoms with Crippen molar-refractivity contribution in [1.29, 1.82) is 0 Å². The second-order valence-electron chi connectivity index (χ2n) is 5.18. The first kappa shape index (κ1) is 15.3. The number of hydrogen-bond donors (Lipinski definition) is 2. The summed E-state index contributed by atoms with van der Waals surface area (Å²) in [6.45, 7) is 1.33. The van der Waals surface area contributed by atoms with Crippen LogP contribution in [0.25, 0.3) is 0 Å². The summed E-state index contributed by atoms with van der Waals surface area (Å²) in [7, 11) is 4.04. The number of furan rings is 1. The quantitative estimate of drug-likeness (QED) is 0.819. The van der Waals surface area contributed by atoms with Crippen LogP contribution in [0.3, 0.4) is 0 Å². The maximum atomic E-state index is 10.8. The molecule has 21 heavy (non-hydrogen) atoms. The molecule has 5 heteroatoms. The van der Waals surface area contributed by atoms with Crippen molar-refractivity contribution in [3.63, 3.8) is 0 Å². The molecule has 1 atom stereocenters. The van der Waals surface area contributed by atoms with Gasteiger partial charge in [0.1, 0.15) is 5.76 Å². The van der Waals surface area contributed by atoms with Crippen LogP contribution in [0.5, 0.6) is 0 Å². The van der Waals surface area contributed by atoms with Crippen LogP contribution in [-0.4, -0.2) is 36.6 Å². The predicted octanol–water partition coefficient (Wildman–Crippen LogP) is 2.37. The van der Waals surface area contributed by atoms with Crippen molar-refractivity contribution in [3.8, 4) is 0 Å². The maximum absolute atomic E-state index is 10.8. The lowest BCUT2D eigenvalue weighted by Crippen LogP contribution is -2.30. The first-order valence-electron chi connectivity index (χ1n) is 6.81. The van der Waals surface area contributed by atoms with E-state index in [2.05, 4.69) is 22.3 Å². The Kier molecular flexibility index (Phi) is 5.14. The number of rotatable bonds is 7. The Morgan fingerprint density at radius 3 is 2.52 bits per heavy atom. The highest BCUT2D eigenvalue weighted by Gasteiger charge is 2.14. The summed E-state index contributed by atoms with van der Waals surface area (Å²) in [5.74, 6) is -0.461. The van der Waals surface area contributed by atoms with E-state index in [-0.39, 0.29) is 11.8 Å². The summed E-state index contributed by atoms with van der Waals surface area (Å²) in [5.41, 5.74) is 1.19. The molecule has 1 unspecified atom stereocenters. The van der Waals surface area contributed by atoms with Crippen molar-refractivity contribution in [1.82, 2.24) is 10.2 Å². The smallest absolute Gasteiger partial charge is 0.371 e. The SMILES string of the molecule is CN(C)CC(NCc1ccc(C(=O)O)o1)c1ccccc1. The average Bonchev–Trinajstić information content (AvgIpc) is 2.93. The Labute approximate surface area is 124 Å². The molecule has 0 radical (unpaired) electrons. The molecule has 0 fully saturated rings. The Balaban J connectivity index is 2.03. The van der Waals surface area contributed by atoms with Crippen LogP contribution in [0.4, 0.5) is 0 Å². The zero-order valence-electron chi connectivity index (χ0n) is 12.2. The molecule has 0 aliphatic heterocycles. The van der Waals surface area contributed by atoms with Gasteiger partial charge < -0.3 is 19.7 Å². The molecular weight excluding hydrogens is 268 g/mol. The highest BCUT2D eigenvalue weighted by Crippen LogP contribution is 2.15. The van der Waals surface area contributed by atoms with Gasteiger partial charge >= 0.3 is 5.97 Å². The van der Waals surface area contributed by atoms with Crippen molar-refractivity contribution in [3.05, 3.63) is 59.5 Å². The standard InChI is InChI=1S/C16H20N2O3/c1-18(2)11-14(12-6-4-3-5-7-12)17-10-13-8-9-15(21-13)16(19)20/h3-9,14,17H,10-11H2,1-2H3,(H,19,20). The van der Waals surface area contributed by atoms with Crippen molar-refractivity contribution in [2.45, 2.75) is 12.6 Å². The molecule has 1 aromatic heterocycles. The van der Waals surface area contributed by atoms with Crippen LogP contribution >= 0.6 is 0 Å². The lowest BCUT2D eigenvalue weighted by molar-refractivity contribution is 0.0660. The number of hydrogen-bond acceptors (Lipinski definition) is 4. The van der Waals surface area contributed by atoms with Gasteiger partial charge in [-0.1, -0.05) is 30.3 Å². The second kappa shape index (κ2) is 7.06. The summed E-state index contributed by atoms with van der Waals surface area (Å²) in [5, 5.41) is 12.3. The molecule has 2 N–H and O–H groups in total. The van der Waals surface area contributed by atoms with Gasteiger partial charge in [0.2, 0.25) is 5.76 Å². The molecule has 1 aromatic carbocycles. The molecular formula is C16H20N2O3. The highest BCUT2D eigenvalue weighted by molar-refractivity contribution is 5.84. The lowest BCUT2D eigenvalue weighted by atomic mass is 10.1. The number of aromatic carboxylic acids is 1.